The third kappa shape index (κ3) is 4.47. The molecule has 3 aromatic carbocycles. The van der Waals surface area contributed by atoms with Gasteiger partial charge in [0.2, 0.25) is 0 Å². The first-order chi connectivity index (χ1) is 13.9. The molecule has 0 aliphatic rings. The highest BCUT2D eigenvalue weighted by Gasteiger charge is 2.17. The molecule has 0 saturated carbocycles. The summed E-state index contributed by atoms with van der Waals surface area (Å²) in [6.07, 6.45) is 0.244. The molecule has 0 radical (unpaired) electrons. The fourth-order valence-electron chi connectivity index (χ4n) is 2.92. The third-order valence-corrected chi connectivity index (χ3v) is 4.32. The van der Waals surface area contributed by atoms with Gasteiger partial charge < -0.3 is 15.5 Å². The van der Waals surface area contributed by atoms with Crippen molar-refractivity contribution in [2.75, 3.05) is 5.32 Å². The van der Waals surface area contributed by atoms with Crippen molar-refractivity contribution in [3.05, 3.63) is 100 Å². The smallest absolute Gasteiger partial charge is 0.336 e. The summed E-state index contributed by atoms with van der Waals surface area (Å²) in [6, 6.07) is 16.5. The molecule has 146 valence electrons. The molecule has 0 heterocycles. The van der Waals surface area contributed by atoms with Crippen LogP contribution in [0, 0.1) is 5.82 Å². The largest absolute Gasteiger partial charge is 0.478 e. The number of nitrogens with one attached hydrogen (secondary N) is 1. The summed E-state index contributed by atoms with van der Waals surface area (Å²) < 4.78 is 13.8. The van der Waals surface area contributed by atoms with E-state index < -0.39 is 23.7 Å². The molecule has 0 bridgehead atoms. The van der Waals surface area contributed by atoms with E-state index in [2.05, 4.69) is 5.32 Å². The van der Waals surface area contributed by atoms with Crippen molar-refractivity contribution in [1.29, 1.82) is 0 Å². The zero-order valence-corrected chi connectivity index (χ0v) is 15.1. The average Bonchev–Trinajstić information content (AvgIpc) is 2.69. The Balaban J connectivity index is 1.89. The van der Waals surface area contributed by atoms with E-state index in [0.29, 0.717) is 16.8 Å². The van der Waals surface area contributed by atoms with Gasteiger partial charge in [-0.2, -0.15) is 0 Å². The van der Waals surface area contributed by atoms with Crippen LogP contribution in [0.2, 0.25) is 0 Å². The molecule has 3 aromatic rings. The van der Waals surface area contributed by atoms with Gasteiger partial charge in [0.25, 0.3) is 5.91 Å². The first-order valence-corrected chi connectivity index (χ1v) is 8.60. The molecule has 0 aliphatic heterocycles. The number of anilines is 1. The minimum atomic E-state index is -1.34. The molecule has 0 fully saturated rings. The van der Waals surface area contributed by atoms with Crippen LogP contribution in [0.15, 0.2) is 66.7 Å². The van der Waals surface area contributed by atoms with Gasteiger partial charge in [0.15, 0.2) is 0 Å². The predicted molar refractivity (Wildman–Crippen MR) is 104 cm³/mol. The van der Waals surface area contributed by atoms with Crippen LogP contribution in [0.4, 0.5) is 10.1 Å². The van der Waals surface area contributed by atoms with E-state index in [-0.39, 0.29) is 23.1 Å². The summed E-state index contributed by atoms with van der Waals surface area (Å²) in [5.41, 5.74) is 0.947. The van der Waals surface area contributed by atoms with Crippen LogP contribution in [0.1, 0.15) is 42.2 Å². The lowest BCUT2D eigenvalue weighted by atomic mass is 9.98. The summed E-state index contributed by atoms with van der Waals surface area (Å²) in [4.78, 5) is 35.0. The lowest BCUT2D eigenvalue weighted by Gasteiger charge is -2.12. The van der Waals surface area contributed by atoms with Gasteiger partial charge in [-0.25, -0.2) is 14.0 Å². The number of carbonyl (C=O) groups is 3. The number of halogens is 1. The van der Waals surface area contributed by atoms with Crippen LogP contribution in [-0.2, 0) is 6.42 Å². The molecular weight excluding hydrogens is 377 g/mol. The highest BCUT2D eigenvalue weighted by molar-refractivity contribution is 6.05. The Morgan fingerprint density at radius 3 is 2.14 bits per heavy atom. The second-order valence-electron chi connectivity index (χ2n) is 6.26. The van der Waals surface area contributed by atoms with Crippen molar-refractivity contribution in [3.8, 4) is 0 Å². The molecule has 7 heteroatoms. The van der Waals surface area contributed by atoms with Gasteiger partial charge in [0, 0.05) is 5.69 Å². The molecule has 0 aromatic heterocycles. The van der Waals surface area contributed by atoms with Gasteiger partial charge >= 0.3 is 11.9 Å². The highest BCUT2D eigenvalue weighted by Crippen LogP contribution is 2.22. The maximum atomic E-state index is 13.8. The Morgan fingerprint density at radius 2 is 1.45 bits per heavy atom. The Morgan fingerprint density at radius 1 is 0.793 bits per heavy atom. The van der Waals surface area contributed by atoms with Crippen LogP contribution in [0.25, 0.3) is 0 Å². The Labute approximate surface area is 165 Å². The lowest BCUT2D eigenvalue weighted by molar-refractivity contribution is 0.0651. The maximum Gasteiger partial charge on any atom is 0.336 e. The monoisotopic (exact) mass is 393 g/mol. The molecule has 0 aliphatic carbocycles. The van der Waals surface area contributed by atoms with Gasteiger partial charge in [-0.15, -0.1) is 0 Å². The number of carboxylic acids is 2. The quantitative estimate of drug-likeness (QED) is 0.586. The van der Waals surface area contributed by atoms with Crippen molar-refractivity contribution >= 4 is 23.5 Å². The number of hydrogen-bond donors (Lipinski definition) is 3. The minimum Gasteiger partial charge on any atom is -0.478 e. The second-order valence-corrected chi connectivity index (χ2v) is 6.26. The highest BCUT2D eigenvalue weighted by atomic mass is 19.1. The van der Waals surface area contributed by atoms with Crippen molar-refractivity contribution in [2.45, 2.75) is 6.42 Å². The third-order valence-electron chi connectivity index (χ3n) is 4.32. The molecule has 3 rings (SSSR count). The van der Waals surface area contributed by atoms with E-state index in [0.717, 1.165) is 0 Å². The van der Waals surface area contributed by atoms with E-state index in [1.54, 1.807) is 30.3 Å². The SMILES string of the molecule is O=C(Nc1ccccc1Cc1ccc(C(=O)O)c(C(=O)O)c1)c1ccccc1F. The number of rotatable bonds is 6. The maximum absolute atomic E-state index is 13.8. The van der Waals surface area contributed by atoms with Crippen LogP contribution in [0.3, 0.4) is 0 Å². The summed E-state index contributed by atoms with van der Waals surface area (Å²) >= 11 is 0. The van der Waals surface area contributed by atoms with Gasteiger partial charge in [-0.3, -0.25) is 4.79 Å². The van der Waals surface area contributed by atoms with E-state index in [1.807, 2.05) is 0 Å². The van der Waals surface area contributed by atoms with Gasteiger partial charge in [-0.1, -0.05) is 36.4 Å². The molecule has 3 N–H and O–H groups in total. The number of amides is 1. The fourth-order valence-corrected chi connectivity index (χ4v) is 2.92. The molecule has 0 atom stereocenters. The fraction of sp³-hybridized carbons (Fsp3) is 0.0455. The molecule has 6 nitrogen and oxygen atoms in total. The molecule has 0 saturated heterocycles. The van der Waals surface area contributed by atoms with Crippen molar-refractivity contribution in [1.82, 2.24) is 0 Å². The molecule has 0 unspecified atom stereocenters. The van der Waals surface area contributed by atoms with Crippen molar-refractivity contribution < 1.29 is 29.0 Å². The molecule has 29 heavy (non-hydrogen) atoms. The zero-order valence-electron chi connectivity index (χ0n) is 15.1. The van der Waals surface area contributed by atoms with E-state index >= 15 is 0 Å². The van der Waals surface area contributed by atoms with E-state index in [1.165, 1.54) is 36.4 Å². The standard InChI is InChI=1S/C22H16FNO5/c23-18-7-3-2-6-16(18)20(25)24-19-8-4-1-5-14(19)11-13-9-10-15(21(26)27)17(12-13)22(28)29/h1-10,12H,11H2,(H,24,25)(H,26,27)(H,28,29). The predicted octanol–water partition coefficient (Wildman–Crippen LogP) is 4.07. The molecular formula is C22H16FNO5. The Hall–Kier alpha value is -4.00. The van der Waals surface area contributed by atoms with E-state index in [9.17, 15) is 23.9 Å². The minimum absolute atomic E-state index is 0.0960. The summed E-state index contributed by atoms with van der Waals surface area (Å²) in [7, 11) is 0. The zero-order chi connectivity index (χ0) is 21.0. The number of carbonyl (C=O) groups excluding carboxylic acids is 1. The number of hydrogen-bond acceptors (Lipinski definition) is 3. The molecule has 0 spiro atoms. The van der Waals surface area contributed by atoms with E-state index in [4.69, 9.17) is 5.11 Å². The summed E-state index contributed by atoms with van der Waals surface area (Å²) in [5.74, 6) is -3.92. The first kappa shape index (κ1) is 19.8. The normalized spacial score (nSPS) is 10.4. The second kappa shape index (κ2) is 8.35. The van der Waals surface area contributed by atoms with Crippen LogP contribution < -0.4 is 5.32 Å². The van der Waals surface area contributed by atoms with Gasteiger partial charge in [-0.05, 0) is 47.9 Å². The van der Waals surface area contributed by atoms with Gasteiger partial charge in [0.05, 0.1) is 16.7 Å². The van der Waals surface area contributed by atoms with Crippen molar-refractivity contribution in [3.63, 3.8) is 0 Å². The van der Waals surface area contributed by atoms with Crippen LogP contribution in [0.5, 0.6) is 0 Å². The number of benzene rings is 3. The summed E-state index contributed by atoms with van der Waals surface area (Å²) in [5, 5.41) is 21.1. The van der Waals surface area contributed by atoms with Crippen LogP contribution in [-0.4, -0.2) is 28.1 Å². The first-order valence-electron chi connectivity index (χ1n) is 8.60. The van der Waals surface area contributed by atoms with Crippen molar-refractivity contribution in [2.24, 2.45) is 0 Å². The lowest BCUT2D eigenvalue weighted by Crippen LogP contribution is -2.15. The Bertz CT molecular complexity index is 1110. The summed E-state index contributed by atoms with van der Waals surface area (Å²) in [6.45, 7) is 0. The number of aromatic carboxylic acids is 2. The Kier molecular flexibility index (Phi) is 5.69. The number of para-hydroxylation sites is 1. The molecule has 1 amide bonds. The number of carboxylic acid groups (broad SMARTS) is 2. The van der Waals surface area contributed by atoms with Gasteiger partial charge in [0.1, 0.15) is 5.82 Å². The van der Waals surface area contributed by atoms with Crippen LogP contribution >= 0.6 is 0 Å². The average molecular weight is 393 g/mol. The topological polar surface area (TPSA) is 104 Å².